The smallest absolute Gasteiger partial charge is 0.270 e. The highest BCUT2D eigenvalue weighted by atomic mass is 35.5. The number of hydrazine groups is 1. The van der Waals surface area contributed by atoms with Gasteiger partial charge in [-0.1, -0.05) is 53.2 Å². The van der Waals surface area contributed by atoms with Gasteiger partial charge in [0.25, 0.3) is 5.91 Å². The molecule has 0 saturated carbocycles. The van der Waals surface area contributed by atoms with Gasteiger partial charge < -0.3 is 4.52 Å². The minimum Gasteiger partial charge on any atom is -0.340 e. The molecule has 0 atom stereocenters. The number of hydrogen-bond donors (Lipinski definition) is 2. The number of carbonyl (C=O) groups is 2. The second-order valence-electron chi connectivity index (χ2n) is 6.78. The lowest BCUT2D eigenvalue weighted by atomic mass is 10.0. The molecule has 2 aromatic carbocycles. The topological polar surface area (TPSA) is 110 Å². The number of fused-ring (bicyclic) bond motifs is 1. The second kappa shape index (κ2) is 9.80. The van der Waals surface area contributed by atoms with Crippen molar-refractivity contribution in [2.75, 3.05) is 5.75 Å². The van der Waals surface area contributed by atoms with E-state index in [1.165, 1.54) is 11.8 Å². The van der Waals surface area contributed by atoms with E-state index in [0.29, 0.717) is 50.2 Å². The fraction of sp³-hybridized carbons (Fsp3) is 0.136. The van der Waals surface area contributed by atoms with Gasteiger partial charge in [-0.05, 0) is 18.2 Å². The van der Waals surface area contributed by atoms with Crippen LogP contribution in [0, 0.1) is 6.92 Å². The van der Waals surface area contributed by atoms with Crippen molar-refractivity contribution in [2.24, 2.45) is 0 Å². The number of amides is 2. The number of halogens is 1. The third kappa shape index (κ3) is 5.06. The number of carbonyl (C=O) groups excluding carboxylic acids is 2. The van der Waals surface area contributed by atoms with Gasteiger partial charge in [-0.3, -0.25) is 20.4 Å². The third-order valence-electron chi connectivity index (χ3n) is 4.46. The molecule has 0 unspecified atom stereocenters. The number of benzene rings is 2. The minimum atomic E-state index is -0.455. The van der Waals surface area contributed by atoms with Crippen LogP contribution in [0.15, 0.2) is 59.1 Å². The van der Waals surface area contributed by atoms with E-state index < -0.39 is 5.91 Å². The highest BCUT2D eigenvalue weighted by Crippen LogP contribution is 2.29. The molecule has 4 rings (SSSR count). The number of pyridine rings is 1. The number of para-hydroxylation sites is 1. The number of aryl methyl sites for hydroxylation is 1. The first-order valence-electron chi connectivity index (χ1n) is 9.62. The van der Waals surface area contributed by atoms with Crippen molar-refractivity contribution in [3.63, 3.8) is 0 Å². The molecule has 4 aromatic rings. The summed E-state index contributed by atoms with van der Waals surface area (Å²) in [5.41, 5.74) is 7.21. The van der Waals surface area contributed by atoms with E-state index in [2.05, 4.69) is 26.0 Å². The zero-order valence-electron chi connectivity index (χ0n) is 17.0. The average molecular weight is 468 g/mol. The maximum atomic E-state index is 12.9. The molecule has 0 saturated heterocycles. The van der Waals surface area contributed by atoms with E-state index in [1.807, 2.05) is 36.4 Å². The molecule has 2 aromatic heterocycles. The number of nitrogens with zero attached hydrogens (tertiary/aromatic N) is 3. The van der Waals surface area contributed by atoms with Crippen LogP contribution in [0.4, 0.5) is 0 Å². The summed E-state index contributed by atoms with van der Waals surface area (Å²) in [6, 6.07) is 16.2. The Kier molecular flexibility index (Phi) is 6.67. The van der Waals surface area contributed by atoms with Gasteiger partial charge in [0, 0.05) is 22.9 Å². The molecule has 0 bridgehead atoms. The summed E-state index contributed by atoms with van der Waals surface area (Å²) in [6.07, 6.45) is 0. The number of hydrogen-bond acceptors (Lipinski definition) is 7. The number of thioether (sulfide) groups is 1. The van der Waals surface area contributed by atoms with E-state index in [-0.39, 0.29) is 11.7 Å². The van der Waals surface area contributed by atoms with E-state index in [1.54, 1.807) is 25.1 Å². The summed E-state index contributed by atoms with van der Waals surface area (Å²) in [5, 5.41) is 4.97. The van der Waals surface area contributed by atoms with Gasteiger partial charge in [0.1, 0.15) is 0 Å². The lowest BCUT2D eigenvalue weighted by molar-refractivity contribution is -0.119. The van der Waals surface area contributed by atoms with E-state index in [9.17, 15) is 9.59 Å². The molecule has 0 aliphatic rings. The molecule has 0 aliphatic heterocycles. The molecule has 2 amide bonds. The van der Waals surface area contributed by atoms with Crippen LogP contribution in [0.25, 0.3) is 22.2 Å². The van der Waals surface area contributed by atoms with Crippen molar-refractivity contribution in [1.29, 1.82) is 0 Å². The van der Waals surface area contributed by atoms with E-state index >= 15 is 0 Å². The Morgan fingerprint density at radius 1 is 1.06 bits per heavy atom. The van der Waals surface area contributed by atoms with Gasteiger partial charge in [0.15, 0.2) is 5.82 Å². The average Bonchev–Trinajstić information content (AvgIpc) is 3.22. The molecule has 2 heterocycles. The van der Waals surface area contributed by atoms with E-state index in [0.717, 1.165) is 0 Å². The summed E-state index contributed by atoms with van der Waals surface area (Å²) < 4.78 is 4.89. The van der Waals surface area contributed by atoms with Crippen LogP contribution in [0.1, 0.15) is 22.1 Å². The first-order chi connectivity index (χ1) is 15.5. The van der Waals surface area contributed by atoms with Crippen molar-refractivity contribution in [1.82, 2.24) is 26.0 Å². The summed E-state index contributed by atoms with van der Waals surface area (Å²) in [7, 11) is 0. The normalized spacial score (nSPS) is 10.8. The van der Waals surface area contributed by atoms with Gasteiger partial charge >= 0.3 is 0 Å². The quantitative estimate of drug-likeness (QED) is 0.413. The van der Waals surface area contributed by atoms with E-state index in [4.69, 9.17) is 16.1 Å². The van der Waals surface area contributed by atoms with Crippen LogP contribution in [-0.4, -0.2) is 32.7 Å². The van der Waals surface area contributed by atoms with Crippen LogP contribution >= 0.6 is 23.4 Å². The second-order valence-corrected chi connectivity index (χ2v) is 8.17. The van der Waals surface area contributed by atoms with Crippen LogP contribution in [0.2, 0.25) is 5.02 Å². The summed E-state index contributed by atoms with van der Waals surface area (Å²) in [4.78, 5) is 33.7. The van der Waals surface area contributed by atoms with Gasteiger partial charge in [-0.15, -0.1) is 11.8 Å². The lowest BCUT2D eigenvalue weighted by Gasteiger charge is -2.12. The predicted molar refractivity (Wildman–Crippen MR) is 123 cm³/mol. The molecule has 8 nitrogen and oxygen atoms in total. The third-order valence-corrected chi connectivity index (χ3v) is 5.72. The van der Waals surface area contributed by atoms with Crippen LogP contribution in [0.5, 0.6) is 0 Å². The molecular weight excluding hydrogens is 450 g/mol. The Bertz CT molecular complexity index is 1290. The minimum absolute atomic E-state index is 0.121. The largest absolute Gasteiger partial charge is 0.340 e. The molecule has 0 radical (unpaired) electrons. The number of aromatic nitrogens is 3. The molecule has 0 aliphatic carbocycles. The van der Waals surface area contributed by atoms with Gasteiger partial charge in [0.05, 0.1) is 28.3 Å². The zero-order chi connectivity index (χ0) is 22.5. The van der Waals surface area contributed by atoms with Gasteiger partial charge in [-0.25, -0.2) is 4.98 Å². The molecule has 0 spiro atoms. The van der Waals surface area contributed by atoms with Crippen molar-refractivity contribution in [2.45, 2.75) is 12.7 Å². The fourth-order valence-corrected chi connectivity index (χ4v) is 3.93. The molecule has 10 heteroatoms. The van der Waals surface area contributed by atoms with Crippen molar-refractivity contribution >= 4 is 46.1 Å². The van der Waals surface area contributed by atoms with Gasteiger partial charge in [-0.2, -0.15) is 4.98 Å². The maximum absolute atomic E-state index is 12.9. The monoisotopic (exact) mass is 467 g/mol. The Labute approximate surface area is 192 Å². The molecular formula is C22H18ClN5O3S. The summed E-state index contributed by atoms with van der Waals surface area (Å²) >= 11 is 7.63. The molecule has 2 N–H and O–H groups in total. The SMILES string of the molecule is Cc1nc(CSCC(=O)NNC(=O)c2cc(-c3ccccc3Cl)nc3ccccc23)no1. The van der Waals surface area contributed by atoms with Crippen molar-refractivity contribution in [3.8, 4) is 11.3 Å². The van der Waals surface area contributed by atoms with Gasteiger partial charge in [0.2, 0.25) is 11.8 Å². The Morgan fingerprint density at radius 2 is 1.84 bits per heavy atom. The zero-order valence-corrected chi connectivity index (χ0v) is 18.5. The summed E-state index contributed by atoms with van der Waals surface area (Å²) in [5.74, 6) is 0.722. The first kappa shape index (κ1) is 21.8. The predicted octanol–water partition coefficient (Wildman–Crippen LogP) is 3.94. The van der Waals surface area contributed by atoms with Crippen LogP contribution in [-0.2, 0) is 10.5 Å². The molecule has 32 heavy (non-hydrogen) atoms. The maximum Gasteiger partial charge on any atom is 0.270 e. The highest BCUT2D eigenvalue weighted by Gasteiger charge is 2.16. The van der Waals surface area contributed by atoms with Crippen LogP contribution in [0.3, 0.4) is 0 Å². The van der Waals surface area contributed by atoms with Crippen molar-refractivity contribution in [3.05, 3.63) is 76.9 Å². The highest BCUT2D eigenvalue weighted by molar-refractivity contribution is 7.99. The fourth-order valence-electron chi connectivity index (χ4n) is 3.04. The summed E-state index contributed by atoms with van der Waals surface area (Å²) in [6.45, 7) is 1.70. The number of nitrogens with one attached hydrogen (secondary N) is 2. The molecule has 0 fully saturated rings. The Hall–Kier alpha value is -3.43. The Morgan fingerprint density at radius 3 is 2.62 bits per heavy atom. The number of rotatable bonds is 6. The lowest BCUT2D eigenvalue weighted by Crippen LogP contribution is -2.42. The standard InChI is InChI=1S/C22H18ClN5O3S/c1-13-24-20(28-31-13)11-32-12-21(29)26-27-22(30)16-10-19(15-7-2-4-8-17(15)23)25-18-9-5-3-6-14(16)18/h2-10H,11-12H2,1H3,(H,26,29)(H,27,30). The molecule has 162 valence electrons. The van der Waals surface area contributed by atoms with Crippen LogP contribution < -0.4 is 10.9 Å². The Balaban J connectivity index is 1.46. The first-order valence-corrected chi connectivity index (χ1v) is 11.2. The van der Waals surface area contributed by atoms with Crippen molar-refractivity contribution < 1.29 is 14.1 Å².